The van der Waals surface area contributed by atoms with Gasteiger partial charge in [-0.2, -0.15) is 0 Å². The van der Waals surface area contributed by atoms with E-state index in [1.165, 1.54) is 0 Å². The van der Waals surface area contributed by atoms with E-state index in [1.54, 1.807) is 0 Å². The van der Waals surface area contributed by atoms with E-state index in [-0.39, 0.29) is 5.84 Å². The molecule has 0 aliphatic rings. The minimum Gasteiger partial charge on any atom is -0.409 e. The van der Waals surface area contributed by atoms with Gasteiger partial charge in [-0.15, -0.1) is 0 Å². The van der Waals surface area contributed by atoms with Crippen molar-refractivity contribution in [2.75, 3.05) is 38.6 Å². The van der Waals surface area contributed by atoms with E-state index in [0.29, 0.717) is 11.5 Å². The van der Waals surface area contributed by atoms with Crippen molar-refractivity contribution < 1.29 is 5.21 Å². The van der Waals surface area contributed by atoms with Crippen molar-refractivity contribution in [3.63, 3.8) is 0 Å². The summed E-state index contributed by atoms with van der Waals surface area (Å²) in [5.41, 5.74) is 7.45. The molecule has 0 fully saturated rings. The van der Waals surface area contributed by atoms with Crippen LogP contribution in [-0.4, -0.2) is 49.7 Å². The fraction of sp³-hybridized carbons (Fsp3) is 0.533. The molecule has 0 amide bonds. The maximum atomic E-state index is 8.75. The molecule has 0 bridgehead atoms. The Morgan fingerprint density at radius 2 is 2.00 bits per heavy atom. The second kappa shape index (κ2) is 8.24. The van der Waals surface area contributed by atoms with E-state index < -0.39 is 0 Å². The normalized spacial score (nSPS) is 12.2. The molecule has 0 aromatic heterocycles. The number of likely N-dealkylation sites (N-methyl/N-ethyl adjacent to an activating group) is 1. The number of anilines is 1. The summed E-state index contributed by atoms with van der Waals surface area (Å²) < 4.78 is 0.950. The Hall–Kier alpha value is -1.27. The highest BCUT2D eigenvalue weighted by Gasteiger charge is 2.13. The SMILES string of the molecule is CC(C)CN(CCN(C)C)c1ccc(/C(N)=N/O)cc1Br. The van der Waals surface area contributed by atoms with Gasteiger partial charge in [-0.1, -0.05) is 19.0 Å². The van der Waals surface area contributed by atoms with Crippen LogP contribution < -0.4 is 10.6 Å². The highest BCUT2D eigenvalue weighted by atomic mass is 79.9. The quantitative estimate of drug-likeness (QED) is 0.341. The van der Waals surface area contributed by atoms with Gasteiger partial charge in [-0.3, -0.25) is 0 Å². The molecule has 21 heavy (non-hydrogen) atoms. The van der Waals surface area contributed by atoms with Gasteiger partial charge in [-0.25, -0.2) is 0 Å². The smallest absolute Gasteiger partial charge is 0.170 e. The Labute approximate surface area is 135 Å². The minimum atomic E-state index is 0.117. The van der Waals surface area contributed by atoms with Gasteiger partial charge in [-0.05, 0) is 54.1 Å². The highest BCUT2D eigenvalue weighted by molar-refractivity contribution is 9.10. The Bertz CT molecular complexity index is 489. The maximum absolute atomic E-state index is 8.75. The zero-order chi connectivity index (χ0) is 16.0. The van der Waals surface area contributed by atoms with Crippen LogP contribution in [0.3, 0.4) is 0 Å². The molecule has 1 aromatic rings. The molecule has 1 aromatic carbocycles. The molecule has 0 aliphatic heterocycles. The van der Waals surface area contributed by atoms with Gasteiger partial charge in [0.1, 0.15) is 0 Å². The van der Waals surface area contributed by atoms with Crippen LogP contribution in [0.25, 0.3) is 0 Å². The second-order valence-electron chi connectivity index (χ2n) is 5.79. The zero-order valence-corrected chi connectivity index (χ0v) is 14.8. The summed E-state index contributed by atoms with van der Waals surface area (Å²) >= 11 is 3.59. The topological polar surface area (TPSA) is 65.1 Å². The molecule has 0 spiro atoms. The first-order valence-corrected chi connectivity index (χ1v) is 7.81. The number of oxime groups is 1. The lowest BCUT2D eigenvalue weighted by atomic mass is 10.1. The van der Waals surface area contributed by atoms with Crippen LogP contribution >= 0.6 is 15.9 Å². The summed E-state index contributed by atoms with van der Waals surface area (Å²) in [7, 11) is 4.15. The number of hydrogen-bond donors (Lipinski definition) is 2. The van der Waals surface area contributed by atoms with Crippen LogP contribution in [-0.2, 0) is 0 Å². The lowest BCUT2D eigenvalue weighted by Crippen LogP contribution is -2.34. The number of halogens is 1. The Morgan fingerprint density at radius 1 is 1.33 bits per heavy atom. The van der Waals surface area contributed by atoms with Crippen molar-refractivity contribution in [2.45, 2.75) is 13.8 Å². The van der Waals surface area contributed by atoms with Crippen molar-refractivity contribution >= 4 is 27.5 Å². The third kappa shape index (κ3) is 5.55. The fourth-order valence-electron chi connectivity index (χ4n) is 2.05. The van der Waals surface area contributed by atoms with E-state index in [1.807, 2.05) is 18.2 Å². The molecule has 0 radical (unpaired) electrons. The van der Waals surface area contributed by atoms with Crippen molar-refractivity contribution in [1.82, 2.24) is 4.90 Å². The summed E-state index contributed by atoms with van der Waals surface area (Å²) in [6.07, 6.45) is 0. The summed E-state index contributed by atoms with van der Waals surface area (Å²) in [6.45, 7) is 7.34. The molecule has 0 heterocycles. The number of amidine groups is 1. The van der Waals surface area contributed by atoms with Gasteiger partial charge in [0.05, 0.1) is 5.69 Å². The van der Waals surface area contributed by atoms with Crippen molar-refractivity contribution in [1.29, 1.82) is 0 Å². The average molecular weight is 357 g/mol. The van der Waals surface area contributed by atoms with Gasteiger partial charge in [0, 0.05) is 29.7 Å². The Kier molecular flexibility index (Phi) is 6.98. The third-order valence-electron chi connectivity index (χ3n) is 3.09. The van der Waals surface area contributed by atoms with Crippen LogP contribution in [0, 0.1) is 5.92 Å². The molecule has 5 nitrogen and oxygen atoms in total. The molecule has 0 saturated heterocycles. The monoisotopic (exact) mass is 356 g/mol. The molecular weight excluding hydrogens is 332 g/mol. The summed E-state index contributed by atoms with van der Waals surface area (Å²) in [4.78, 5) is 4.52. The molecule has 0 unspecified atom stereocenters. The maximum Gasteiger partial charge on any atom is 0.170 e. The van der Waals surface area contributed by atoms with Gasteiger partial charge in [0.15, 0.2) is 5.84 Å². The Balaban J connectivity index is 3.01. The first-order chi connectivity index (χ1) is 9.85. The predicted octanol–water partition coefficient (Wildman–Crippen LogP) is 2.57. The standard InChI is InChI=1S/C15H25BrN4O/c1-11(2)10-20(8-7-19(3)4)14-6-5-12(9-13(14)16)15(17)18-21/h5-6,9,11,21H,7-8,10H2,1-4H3,(H2,17,18). The molecule has 3 N–H and O–H groups in total. The first-order valence-electron chi connectivity index (χ1n) is 7.02. The third-order valence-corrected chi connectivity index (χ3v) is 3.73. The molecule has 0 saturated carbocycles. The molecular formula is C15H25BrN4O. The van der Waals surface area contributed by atoms with E-state index in [0.717, 1.165) is 29.8 Å². The van der Waals surface area contributed by atoms with Crippen LogP contribution in [0.15, 0.2) is 27.8 Å². The number of nitrogens with zero attached hydrogens (tertiary/aromatic N) is 3. The van der Waals surface area contributed by atoms with Gasteiger partial charge < -0.3 is 20.7 Å². The Morgan fingerprint density at radius 3 is 2.48 bits per heavy atom. The molecule has 0 aliphatic carbocycles. The average Bonchev–Trinajstić information content (AvgIpc) is 2.42. The number of benzene rings is 1. The fourth-order valence-corrected chi connectivity index (χ4v) is 2.68. The lowest BCUT2D eigenvalue weighted by Gasteiger charge is -2.29. The van der Waals surface area contributed by atoms with E-state index in [9.17, 15) is 0 Å². The number of nitrogens with two attached hydrogens (primary N) is 1. The number of rotatable bonds is 7. The molecule has 6 heteroatoms. The van der Waals surface area contributed by atoms with Crippen LogP contribution in [0.2, 0.25) is 0 Å². The lowest BCUT2D eigenvalue weighted by molar-refractivity contribution is 0.318. The summed E-state index contributed by atoms with van der Waals surface area (Å²) in [5, 5.41) is 11.8. The van der Waals surface area contributed by atoms with Crippen molar-refractivity contribution in [3.05, 3.63) is 28.2 Å². The summed E-state index contributed by atoms with van der Waals surface area (Å²) in [5.74, 6) is 0.689. The van der Waals surface area contributed by atoms with Crippen LogP contribution in [0.4, 0.5) is 5.69 Å². The van der Waals surface area contributed by atoms with E-state index in [4.69, 9.17) is 10.9 Å². The zero-order valence-electron chi connectivity index (χ0n) is 13.2. The van der Waals surface area contributed by atoms with Crippen molar-refractivity contribution in [2.24, 2.45) is 16.8 Å². The predicted molar refractivity (Wildman–Crippen MR) is 92.3 cm³/mol. The van der Waals surface area contributed by atoms with Gasteiger partial charge in [0.25, 0.3) is 0 Å². The van der Waals surface area contributed by atoms with E-state index >= 15 is 0 Å². The van der Waals surface area contributed by atoms with Crippen LogP contribution in [0.5, 0.6) is 0 Å². The first kappa shape index (κ1) is 17.8. The molecule has 1 rings (SSSR count). The molecule has 118 valence electrons. The van der Waals surface area contributed by atoms with Gasteiger partial charge in [0.2, 0.25) is 0 Å². The minimum absolute atomic E-state index is 0.117. The molecule has 0 atom stereocenters. The highest BCUT2D eigenvalue weighted by Crippen LogP contribution is 2.28. The summed E-state index contributed by atoms with van der Waals surface area (Å²) in [6, 6.07) is 5.76. The largest absolute Gasteiger partial charge is 0.409 e. The second-order valence-corrected chi connectivity index (χ2v) is 6.65. The number of hydrogen-bond acceptors (Lipinski definition) is 4. The van der Waals surface area contributed by atoms with Gasteiger partial charge >= 0.3 is 0 Å². The van der Waals surface area contributed by atoms with E-state index in [2.05, 4.69) is 58.8 Å². The van der Waals surface area contributed by atoms with Crippen molar-refractivity contribution in [3.8, 4) is 0 Å². The van der Waals surface area contributed by atoms with Crippen LogP contribution in [0.1, 0.15) is 19.4 Å².